The Labute approximate surface area is 168 Å². The minimum atomic E-state index is -0.539. The highest BCUT2D eigenvalue weighted by Crippen LogP contribution is 2.34. The number of benzene rings is 1. The van der Waals surface area contributed by atoms with Crippen LogP contribution in [0.2, 0.25) is 10.0 Å². The largest absolute Gasteiger partial charge is 0.468 e. The van der Waals surface area contributed by atoms with Gasteiger partial charge in [0.25, 0.3) is 5.91 Å². The van der Waals surface area contributed by atoms with Gasteiger partial charge in [0.2, 0.25) is 0 Å². The Morgan fingerprint density at radius 2 is 2.08 bits per heavy atom. The summed E-state index contributed by atoms with van der Waals surface area (Å²) in [5.41, 5.74) is 0.761. The molecular weight excluding hydrogens is 417 g/mol. The zero-order valence-corrected chi connectivity index (χ0v) is 16.5. The Bertz CT molecular complexity index is 939. The Morgan fingerprint density at radius 3 is 2.77 bits per heavy atom. The van der Waals surface area contributed by atoms with Crippen molar-refractivity contribution in [2.75, 3.05) is 13.7 Å². The molecule has 1 fully saturated rings. The molecule has 0 atom stereocenters. The van der Waals surface area contributed by atoms with Crippen LogP contribution in [0, 0.1) is 0 Å². The van der Waals surface area contributed by atoms with E-state index in [9.17, 15) is 9.59 Å². The van der Waals surface area contributed by atoms with Crippen LogP contribution in [0.3, 0.4) is 0 Å². The molecule has 9 heteroatoms. The Hall–Kier alpha value is -1.80. The van der Waals surface area contributed by atoms with Crippen LogP contribution in [0.4, 0.5) is 0 Å². The molecule has 134 valence electrons. The number of methoxy groups -OCH3 is 1. The first-order valence-corrected chi connectivity index (χ1v) is 9.24. The molecule has 1 amide bonds. The monoisotopic (exact) mass is 427 g/mol. The number of nitrogens with zero attached hydrogens (tertiary/aromatic N) is 1. The number of furan rings is 1. The van der Waals surface area contributed by atoms with Gasteiger partial charge in [0.15, 0.2) is 0 Å². The lowest BCUT2D eigenvalue weighted by Gasteiger charge is -2.11. The number of ether oxygens (including phenoxy) is 1. The molecule has 1 aromatic heterocycles. The van der Waals surface area contributed by atoms with Crippen LogP contribution >= 0.6 is 47.2 Å². The van der Waals surface area contributed by atoms with Crippen molar-refractivity contribution >= 4 is 69.5 Å². The summed E-state index contributed by atoms with van der Waals surface area (Å²) in [6.45, 7) is -0.217. The maximum atomic E-state index is 12.4. The summed E-state index contributed by atoms with van der Waals surface area (Å²) in [5.74, 6) is 0.157. The van der Waals surface area contributed by atoms with Crippen molar-refractivity contribution in [2.45, 2.75) is 0 Å². The fraction of sp³-hybridized carbons (Fsp3) is 0.118. The minimum absolute atomic E-state index is 0.217. The van der Waals surface area contributed by atoms with Crippen LogP contribution in [-0.4, -0.2) is 34.8 Å². The molecule has 1 saturated heterocycles. The lowest BCUT2D eigenvalue weighted by atomic mass is 10.2. The topological polar surface area (TPSA) is 59.8 Å². The number of rotatable bonds is 4. The lowest BCUT2D eigenvalue weighted by molar-refractivity contribution is -0.143. The third-order valence-corrected chi connectivity index (χ3v) is 5.61. The van der Waals surface area contributed by atoms with Gasteiger partial charge in [0.1, 0.15) is 22.4 Å². The van der Waals surface area contributed by atoms with Gasteiger partial charge in [0, 0.05) is 11.6 Å². The molecule has 0 bridgehead atoms. The van der Waals surface area contributed by atoms with Gasteiger partial charge in [-0.2, -0.15) is 0 Å². The van der Waals surface area contributed by atoms with Gasteiger partial charge in [-0.1, -0.05) is 47.2 Å². The van der Waals surface area contributed by atoms with Crippen LogP contribution in [-0.2, 0) is 14.3 Å². The highest BCUT2D eigenvalue weighted by atomic mass is 35.5. The van der Waals surface area contributed by atoms with Crippen molar-refractivity contribution in [3.8, 4) is 11.3 Å². The van der Waals surface area contributed by atoms with E-state index >= 15 is 0 Å². The maximum Gasteiger partial charge on any atom is 0.325 e. The number of esters is 1. The van der Waals surface area contributed by atoms with Crippen molar-refractivity contribution in [1.29, 1.82) is 0 Å². The molecule has 1 aromatic carbocycles. The van der Waals surface area contributed by atoms with E-state index in [0.717, 1.165) is 17.3 Å². The third-order valence-electron chi connectivity index (χ3n) is 3.49. The third kappa shape index (κ3) is 3.96. The van der Waals surface area contributed by atoms with E-state index < -0.39 is 5.97 Å². The van der Waals surface area contributed by atoms with Crippen LogP contribution in [0.5, 0.6) is 0 Å². The summed E-state index contributed by atoms with van der Waals surface area (Å²) in [6, 6.07) is 8.65. The first-order valence-electron chi connectivity index (χ1n) is 7.26. The van der Waals surface area contributed by atoms with Crippen molar-refractivity contribution in [3.63, 3.8) is 0 Å². The lowest BCUT2D eigenvalue weighted by Crippen LogP contribution is -2.33. The fourth-order valence-electron chi connectivity index (χ4n) is 2.19. The van der Waals surface area contributed by atoms with E-state index in [1.54, 1.807) is 36.4 Å². The number of thioether (sulfide) groups is 1. The van der Waals surface area contributed by atoms with Gasteiger partial charge in [-0.25, -0.2) is 0 Å². The van der Waals surface area contributed by atoms with Crippen LogP contribution in [0.15, 0.2) is 39.7 Å². The average molecular weight is 428 g/mol. The van der Waals surface area contributed by atoms with E-state index in [1.165, 1.54) is 12.0 Å². The molecule has 1 aliphatic rings. The molecule has 0 aliphatic carbocycles. The molecule has 5 nitrogen and oxygen atoms in total. The predicted octanol–water partition coefficient (Wildman–Crippen LogP) is 4.63. The molecule has 2 heterocycles. The predicted molar refractivity (Wildman–Crippen MR) is 106 cm³/mol. The van der Waals surface area contributed by atoms with E-state index in [2.05, 4.69) is 4.74 Å². The number of thiocarbonyl (C=S) groups is 1. The van der Waals surface area contributed by atoms with Crippen molar-refractivity contribution < 1.29 is 18.7 Å². The molecule has 0 N–H and O–H groups in total. The normalized spacial score (nSPS) is 15.8. The van der Waals surface area contributed by atoms with Crippen LogP contribution < -0.4 is 0 Å². The zero-order valence-electron chi connectivity index (χ0n) is 13.3. The number of amides is 1. The fourth-order valence-corrected chi connectivity index (χ4v) is 3.73. The first kappa shape index (κ1) is 19.0. The minimum Gasteiger partial charge on any atom is -0.468 e. The Kier molecular flexibility index (Phi) is 5.72. The first-order chi connectivity index (χ1) is 12.4. The standard InChI is InChI=1S/C17H11Cl2NO4S2/c1-23-15(21)8-20-16(22)14(26-17(20)25)7-10-3-5-13(24-10)9-2-4-11(18)12(19)6-9/h2-7H,8H2,1H3/b14-7-. The van der Waals surface area contributed by atoms with Crippen LogP contribution in [0.1, 0.15) is 5.76 Å². The summed E-state index contributed by atoms with van der Waals surface area (Å²) in [5, 5.41) is 0.877. The van der Waals surface area contributed by atoms with E-state index in [4.69, 9.17) is 39.8 Å². The average Bonchev–Trinajstić information content (AvgIpc) is 3.18. The smallest absolute Gasteiger partial charge is 0.325 e. The van der Waals surface area contributed by atoms with Crippen molar-refractivity contribution in [1.82, 2.24) is 4.90 Å². The summed E-state index contributed by atoms with van der Waals surface area (Å²) in [4.78, 5) is 25.4. The summed E-state index contributed by atoms with van der Waals surface area (Å²) in [6.07, 6.45) is 1.58. The summed E-state index contributed by atoms with van der Waals surface area (Å²) < 4.78 is 10.6. The molecule has 0 unspecified atom stereocenters. The van der Waals surface area contributed by atoms with Gasteiger partial charge in [-0.15, -0.1) is 0 Å². The second kappa shape index (κ2) is 7.84. The highest BCUT2D eigenvalue weighted by Gasteiger charge is 2.33. The molecule has 3 rings (SSSR count). The SMILES string of the molecule is COC(=O)CN1C(=O)/C(=C/c2ccc(-c3ccc(Cl)c(Cl)c3)o2)SC1=S. The molecule has 0 spiro atoms. The van der Waals surface area contributed by atoms with E-state index in [0.29, 0.717) is 30.8 Å². The number of carbonyl (C=O) groups is 2. The second-order valence-corrected chi connectivity index (χ2v) is 7.67. The number of carbonyl (C=O) groups excluding carboxylic acids is 2. The van der Waals surface area contributed by atoms with Gasteiger partial charge in [-0.3, -0.25) is 14.5 Å². The van der Waals surface area contributed by atoms with Gasteiger partial charge in [0.05, 0.1) is 22.1 Å². The van der Waals surface area contributed by atoms with E-state index in [-0.39, 0.29) is 12.5 Å². The van der Waals surface area contributed by atoms with Crippen molar-refractivity contribution in [2.24, 2.45) is 0 Å². The summed E-state index contributed by atoms with van der Waals surface area (Å²) in [7, 11) is 1.25. The second-order valence-electron chi connectivity index (χ2n) is 5.17. The molecule has 0 radical (unpaired) electrons. The van der Waals surface area contributed by atoms with Gasteiger partial charge < -0.3 is 9.15 Å². The highest BCUT2D eigenvalue weighted by molar-refractivity contribution is 8.26. The van der Waals surface area contributed by atoms with Crippen molar-refractivity contribution in [3.05, 3.63) is 51.0 Å². The summed E-state index contributed by atoms with van der Waals surface area (Å²) >= 11 is 18.2. The quantitative estimate of drug-likeness (QED) is 0.402. The van der Waals surface area contributed by atoms with Crippen LogP contribution in [0.25, 0.3) is 17.4 Å². The number of hydrogen-bond donors (Lipinski definition) is 0. The number of halogens is 2. The molecule has 26 heavy (non-hydrogen) atoms. The van der Waals surface area contributed by atoms with E-state index in [1.807, 2.05) is 0 Å². The Balaban J connectivity index is 1.82. The molecule has 2 aromatic rings. The number of hydrogen-bond acceptors (Lipinski definition) is 6. The maximum absolute atomic E-state index is 12.4. The van der Waals surface area contributed by atoms with Gasteiger partial charge in [-0.05, 0) is 30.3 Å². The molecule has 0 saturated carbocycles. The Morgan fingerprint density at radius 1 is 1.31 bits per heavy atom. The molecule has 1 aliphatic heterocycles. The molecular formula is C17H11Cl2NO4S2. The zero-order chi connectivity index (χ0) is 18.8. The van der Waals surface area contributed by atoms with Gasteiger partial charge >= 0.3 is 5.97 Å².